The lowest BCUT2D eigenvalue weighted by atomic mass is 10.0. The lowest BCUT2D eigenvalue weighted by molar-refractivity contribution is -0.123. The van der Waals surface area contributed by atoms with Gasteiger partial charge in [-0.2, -0.15) is 0 Å². The first kappa shape index (κ1) is 22.7. The highest BCUT2D eigenvalue weighted by Gasteiger charge is 2.32. The number of anilines is 1. The average molecular weight is 447 g/mol. The quantitative estimate of drug-likeness (QED) is 0.610. The number of nitrogens with zero attached hydrogens (tertiary/aromatic N) is 2. The molecule has 0 bridgehead atoms. The summed E-state index contributed by atoms with van der Waals surface area (Å²) >= 11 is 0. The predicted molar refractivity (Wildman–Crippen MR) is 119 cm³/mol. The van der Waals surface area contributed by atoms with Crippen LogP contribution in [-0.4, -0.2) is 46.3 Å². The van der Waals surface area contributed by atoms with Crippen molar-refractivity contribution < 1.29 is 17.6 Å². The highest BCUT2D eigenvalue weighted by atomic mass is 32.2. The van der Waals surface area contributed by atoms with Crippen LogP contribution in [0.5, 0.6) is 0 Å². The van der Waals surface area contributed by atoms with Crippen LogP contribution in [0.3, 0.4) is 0 Å². The van der Waals surface area contributed by atoms with Gasteiger partial charge in [0.15, 0.2) is 0 Å². The Kier molecular flexibility index (Phi) is 6.94. The molecule has 166 valence electrons. The second-order valence-electron chi connectivity index (χ2n) is 7.79. The van der Waals surface area contributed by atoms with Crippen molar-refractivity contribution in [2.24, 2.45) is 10.9 Å². The lowest BCUT2D eigenvalue weighted by Gasteiger charge is -2.21. The van der Waals surface area contributed by atoms with Crippen LogP contribution in [0, 0.1) is 11.7 Å². The molecular weight excluding hydrogens is 419 g/mol. The Balaban J connectivity index is 1.62. The first-order valence-corrected chi connectivity index (χ1v) is 11.6. The third kappa shape index (κ3) is 5.22. The summed E-state index contributed by atoms with van der Waals surface area (Å²) in [5.41, 5.74) is 0.972. The van der Waals surface area contributed by atoms with Gasteiger partial charge in [0, 0.05) is 25.7 Å². The van der Waals surface area contributed by atoms with E-state index in [1.165, 1.54) is 12.1 Å². The zero-order valence-corrected chi connectivity index (χ0v) is 18.6. The zero-order valence-electron chi connectivity index (χ0n) is 17.8. The number of fused-ring (bicyclic) bond motifs is 1. The minimum atomic E-state index is -3.66. The number of amides is 1. The van der Waals surface area contributed by atoms with Gasteiger partial charge in [0.2, 0.25) is 5.91 Å². The van der Waals surface area contributed by atoms with Crippen LogP contribution in [0.1, 0.15) is 25.8 Å². The minimum Gasteiger partial charge on any atom is -0.372 e. The van der Waals surface area contributed by atoms with Crippen molar-refractivity contribution in [2.75, 3.05) is 25.0 Å². The normalized spacial score (nSPS) is 16.6. The summed E-state index contributed by atoms with van der Waals surface area (Å²) in [4.78, 5) is 19.1. The van der Waals surface area contributed by atoms with Crippen LogP contribution in [0.2, 0.25) is 0 Å². The topological polar surface area (TPSA) is 90.9 Å². The maximum Gasteiger partial charge on any atom is 0.263 e. The summed E-state index contributed by atoms with van der Waals surface area (Å²) < 4.78 is 40.8. The third-order valence-corrected chi connectivity index (χ3v) is 6.46. The minimum absolute atomic E-state index is 0.133. The standard InChI is InChI=1S/C22H27FN4O3S/c1-15(2)20(25-21-16-9-4-7-12-19(16)31(29,30)26-21)22(28)24-13-8-14-27(3)18-11-6-5-10-17(18)23/h4-7,9-12,15,20H,8,13-14H2,1-3H3,(H,24,28)(H,25,26)/t20-/m0/s1. The highest BCUT2D eigenvalue weighted by molar-refractivity contribution is 7.90. The van der Waals surface area contributed by atoms with Gasteiger partial charge in [0.25, 0.3) is 10.0 Å². The molecule has 0 radical (unpaired) electrons. The van der Waals surface area contributed by atoms with Gasteiger partial charge in [0.1, 0.15) is 17.7 Å². The number of halogens is 1. The molecule has 1 aliphatic rings. The fourth-order valence-corrected chi connectivity index (χ4v) is 4.63. The van der Waals surface area contributed by atoms with E-state index >= 15 is 0 Å². The Morgan fingerprint density at radius 3 is 2.55 bits per heavy atom. The van der Waals surface area contributed by atoms with Gasteiger partial charge in [-0.3, -0.25) is 14.5 Å². The first-order valence-electron chi connectivity index (χ1n) is 10.1. The second kappa shape index (κ2) is 9.47. The molecule has 1 amide bonds. The Morgan fingerprint density at radius 1 is 1.16 bits per heavy atom. The van der Waals surface area contributed by atoms with Gasteiger partial charge in [-0.25, -0.2) is 12.8 Å². The summed E-state index contributed by atoms with van der Waals surface area (Å²) in [5.74, 6) is -0.516. The van der Waals surface area contributed by atoms with Gasteiger partial charge in [-0.15, -0.1) is 0 Å². The zero-order chi connectivity index (χ0) is 22.6. The van der Waals surface area contributed by atoms with Gasteiger partial charge in [-0.05, 0) is 36.6 Å². The molecule has 0 fully saturated rings. The van der Waals surface area contributed by atoms with Crippen molar-refractivity contribution in [1.82, 2.24) is 10.0 Å². The van der Waals surface area contributed by atoms with E-state index in [1.807, 2.05) is 13.8 Å². The fraction of sp³-hybridized carbons (Fsp3) is 0.364. The molecule has 2 N–H and O–H groups in total. The van der Waals surface area contributed by atoms with Crippen molar-refractivity contribution in [3.8, 4) is 0 Å². The van der Waals surface area contributed by atoms with Crippen molar-refractivity contribution in [3.05, 3.63) is 59.9 Å². The van der Waals surface area contributed by atoms with E-state index in [0.29, 0.717) is 30.8 Å². The van der Waals surface area contributed by atoms with E-state index in [9.17, 15) is 17.6 Å². The van der Waals surface area contributed by atoms with Crippen molar-refractivity contribution in [2.45, 2.75) is 31.2 Å². The molecule has 9 heteroatoms. The molecule has 0 saturated carbocycles. The molecule has 2 aromatic rings. The van der Waals surface area contributed by atoms with Crippen molar-refractivity contribution >= 4 is 27.5 Å². The molecule has 7 nitrogen and oxygen atoms in total. The van der Waals surface area contributed by atoms with Crippen molar-refractivity contribution in [1.29, 1.82) is 0 Å². The van der Waals surface area contributed by atoms with Gasteiger partial charge in [-0.1, -0.05) is 38.1 Å². The molecule has 1 heterocycles. The number of sulfonamides is 1. The van der Waals surface area contributed by atoms with Crippen LogP contribution in [0.4, 0.5) is 10.1 Å². The molecule has 2 aromatic carbocycles. The van der Waals surface area contributed by atoms with Gasteiger partial charge >= 0.3 is 0 Å². The van der Waals surface area contributed by atoms with Crippen LogP contribution in [-0.2, 0) is 14.8 Å². The number of hydrogen-bond acceptors (Lipinski definition) is 5. The third-order valence-electron chi connectivity index (χ3n) is 5.06. The number of carbonyl (C=O) groups excluding carboxylic acids is 1. The van der Waals surface area contributed by atoms with Crippen LogP contribution in [0.15, 0.2) is 58.4 Å². The maximum absolute atomic E-state index is 13.9. The maximum atomic E-state index is 13.9. The first-order chi connectivity index (χ1) is 14.7. The Bertz CT molecular complexity index is 1090. The molecule has 3 rings (SSSR count). The molecule has 1 aliphatic heterocycles. The van der Waals surface area contributed by atoms with E-state index in [-0.39, 0.29) is 28.4 Å². The molecule has 0 unspecified atom stereocenters. The number of carbonyl (C=O) groups is 1. The summed E-state index contributed by atoms with van der Waals surface area (Å²) in [5, 5.41) is 2.86. The Morgan fingerprint density at radius 2 is 1.84 bits per heavy atom. The van der Waals surface area contributed by atoms with E-state index in [1.54, 1.807) is 48.3 Å². The average Bonchev–Trinajstić information content (AvgIpc) is 2.99. The van der Waals surface area contributed by atoms with E-state index in [0.717, 1.165) is 0 Å². The summed E-state index contributed by atoms with van der Waals surface area (Å²) in [6.07, 6.45) is 0.618. The fourth-order valence-electron chi connectivity index (χ4n) is 3.39. The van der Waals surface area contributed by atoms with Crippen molar-refractivity contribution in [3.63, 3.8) is 0 Å². The van der Waals surface area contributed by atoms with E-state index < -0.39 is 16.1 Å². The summed E-state index contributed by atoms with van der Waals surface area (Å²) in [6.45, 7) is 4.68. The summed E-state index contributed by atoms with van der Waals surface area (Å²) in [7, 11) is -1.86. The monoisotopic (exact) mass is 446 g/mol. The van der Waals surface area contributed by atoms with Crippen LogP contribution >= 0.6 is 0 Å². The molecule has 0 aromatic heterocycles. The van der Waals surface area contributed by atoms with Gasteiger partial charge in [0.05, 0.1) is 10.6 Å². The van der Waals surface area contributed by atoms with Gasteiger partial charge < -0.3 is 10.2 Å². The molecule has 0 aliphatic carbocycles. The molecule has 0 spiro atoms. The SMILES string of the molecule is CC(C)[C@H](N=C1NS(=O)(=O)c2ccccc21)C(=O)NCCCN(C)c1ccccc1F. The molecule has 31 heavy (non-hydrogen) atoms. The van der Waals surface area contributed by atoms with Crippen LogP contribution in [0.25, 0.3) is 0 Å². The second-order valence-corrected chi connectivity index (χ2v) is 9.44. The molecule has 1 atom stereocenters. The Hall–Kier alpha value is -2.94. The number of para-hydroxylation sites is 1. The predicted octanol–water partition coefficient (Wildman–Crippen LogP) is 2.53. The molecular formula is C22H27FN4O3S. The number of aliphatic imine (C=N–C) groups is 1. The number of amidine groups is 1. The molecule has 0 saturated heterocycles. The Labute approximate surface area is 182 Å². The summed E-state index contributed by atoms with van der Waals surface area (Å²) in [6, 6.07) is 12.3. The smallest absolute Gasteiger partial charge is 0.263 e. The largest absolute Gasteiger partial charge is 0.372 e. The van der Waals surface area contributed by atoms with E-state index in [2.05, 4.69) is 15.0 Å². The lowest BCUT2D eigenvalue weighted by Crippen LogP contribution is -2.39. The van der Waals surface area contributed by atoms with E-state index in [4.69, 9.17) is 0 Å². The van der Waals surface area contributed by atoms with Crippen LogP contribution < -0.4 is 14.9 Å². The number of benzene rings is 2. The number of nitrogens with one attached hydrogen (secondary N) is 2. The number of hydrogen-bond donors (Lipinski definition) is 2. The highest BCUT2D eigenvalue weighted by Crippen LogP contribution is 2.23. The number of rotatable bonds is 8.